The van der Waals surface area contributed by atoms with Crippen molar-refractivity contribution < 1.29 is 18.7 Å². The van der Waals surface area contributed by atoms with Gasteiger partial charge in [-0.25, -0.2) is 9.18 Å². The van der Waals surface area contributed by atoms with Crippen molar-refractivity contribution in [2.75, 3.05) is 38.7 Å². The Morgan fingerprint density at radius 3 is 2.59 bits per heavy atom. The van der Waals surface area contributed by atoms with Gasteiger partial charge in [0.05, 0.1) is 25.8 Å². The van der Waals surface area contributed by atoms with Gasteiger partial charge in [0.25, 0.3) is 0 Å². The van der Waals surface area contributed by atoms with Crippen molar-refractivity contribution in [3.63, 3.8) is 0 Å². The number of ether oxygens (including phenoxy) is 2. The van der Waals surface area contributed by atoms with Crippen LogP contribution in [0.5, 0.6) is 5.75 Å². The molecule has 2 heterocycles. The van der Waals surface area contributed by atoms with Gasteiger partial charge in [-0.1, -0.05) is 0 Å². The minimum atomic E-state index is -0.430. The number of carbonyl (C=O) groups is 1. The number of carbonyl (C=O) groups excluding carboxylic acids is 1. The van der Waals surface area contributed by atoms with Crippen LogP contribution in [0, 0.1) is 17.1 Å². The molecule has 2 aromatic carbocycles. The van der Waals surface area contributed by atoms with Gasteiger partial charge in [0.15, 0.2) is 0 Å². The summed E-state index contributed by atoms with van der Waals surface area (Å²) in [7, 11) is 1.57. The maximum Gasteiger partial charge on any atom is 0.323 e. The summed E-state index contributed by atoms with van der Waals surface area (Å²) >= 11 is 0. The molecule has 1 saturated heterocycles. The van der Waals surface area contributed by atoms with Crippen LogP contribution in [-0.2, 0) is 4.74 Å². The molecule has 148 valence electrons. The van der Waals surface area contributed by atoms with Gasteiger partial charge in [0.1, 0.15) is 29.0 Å². The fourth-order valence-corrected chi connectivity index (χ4v) is 3.44. The van der Waals surface area contributed by atoms with Crippen LogP contribution >= 0.6 is 0 Å². The molecule has 1 aliphatic heterocycles. The van der Waals surface area contributed by atoms with Gasteiger partial charge in [0.2, 0.25) is 0 Å². The van der Waals surface area contributed by atoms with Gasteiger partial charge < -0.3 is 14.4 Å². The van der Waals surface area contributed by atoms with Crippen LogP contribution < -0.4 is 10.1 Å². The lowest BCUT2D eigenvalue weighted by molar-refractivity contribution is 0.0564. The van der Waals surface area contributed by atoms with Crippen molar-refractivity contribution in [3.05, 3.63) is 53.8 Å². The second-order valence-corrected chi connectivity index (χ2v) is 6.56. The number of halogens is 1. The van der Waals surface area contributed by atoms with E-state index in [1.807, 2.05) is 0 Å². The average molecular weight is 394 g/mol. The highest BCUT2D eigenvalue weighted by molar-refractivity contribution is 6.00. The van der Waals surface area contributed by atoms with Crippen LogP contribution in [0.3, 0.4) is 0 Å². The third-order valence-electron chi connectivity index (χ3n) is 4.90. The quantitative estimate of drug-likeness (QED) is 0.737. The van der Waals surface area contributed by atoms with Gasteiger partial charge in [0, 0.05) is 24.2 Å². The second kappa shape index (κ2) is 7.81. The fourth-order valence-electron chi connectivity index (χ4n) is 3.44. The Bertz CT molecular complexity index is 1100. The number of nitrogens with one attached hydrogen (secondary N) is 1. The first-order valence-corrected chi connectivity index (χ1v) is 9.14. The van der Waals surface area contributed by atoms with Gasteiger partial charge in [-0.15, -0.1) is 0 Å². The molecule has 0 radical (unpaired) electrons. The number of nitrogens with zero attached hydrogens (tertiary/aromatic N) is 3. The smallest absolute Gasteiger partial charge is 0.323 e. The van der Waals surface area contributed by atoms with Crippen molar-refractivity contribution in [3.8, 4) is 17.5 Å². The van der Waals surface area contributed by atoms with Crippen LogP contribution in [-0.4, -0.2) is 48.9 Å². The number of hydrogen-bond acceptors (Lipinski definition) is 4. The molecule has 3 aromatic rings. The minimum absolute atomic E-state index is 0.275. The number of hydrogen-bond donors (Lipinski definition) is 1. The Balaban J connectivity index is 1.86. The molecule has 7 nitrogen and oxygen atoms in total. The summed E-state index contributed by atoms with van der Waals surface area (Å²) < 4.78 is 26.2. The van der Waals surface area contributed by atoms with Crippen molar-refractivity contribution >= 4 is 22.8 Å². The van der Waals surface area contributed by atoms with Gasteiger partial charge in [-0.3, -0.25) is 9.88 Å². The molecular formula is C21H19FN4O3. The van der Waals surface area contributed by atoms with E-state index in [0.717, 1.165) is 0 Å². The monoisotopic (exact) mass is 394 g/mol. The first kappa shape index (κ1) is 18.8. The zero-order valence-corrected chi connectivity index (χ0v) is 15.8. The highest BCUT2D eigenvalue weighted by Crippen LogP contribution is 2.34. The Kier molecular flexibility index (Phi) is 5.06. The summed E-state index contributed by atoms with van der Waals surface area (Å²) in [5.74, 6) is 0.533. The molecule has 29 heavy (non-hydrogen) atoms. The number of nitriles is 1. The Labute approximate surface area is 166 Å². The molecule has 1 aromatic heterocycles. The molecule has 0 atom stereocenters. The minimum Gasteiger partial charge on any atom is -0.497 e. The van der Waals surface area contributed by atoms with Crippen molar-refractivity contribution in [1.29, 1.82) is 5.26 Å². The average Bonchev–Trinajstić information content (AvgIpc) is 3.06. The number of amides is 2. The summed E-state index contributed by atoms with van der Waals surface area (Å²) in [6.45, 7) is 1.85. The number of morpholine rings is 1. The number of anilines is 1. The van der Waals surface area contributed by atoms with E-state index >= 15 is 0 Å². The van der Waals surface area contributed by atoms with E-state index in [1.54, 1.807) is 46.9 Å². The van der Waals surface area contributed by atoms with Crippen LogP contribution in [0.1, 0.15) is 5.56 Å². The van der Waals surface area contributed by atoms with Gasteiger partial charge >= 0.3 is 6.03 Å². The summed E-state index contributed by atoms with van der Waals surface area (Å²) in [4.78, 5) is 14.4. The summed E-state index contributed by atoms with van der Waals surface area (Å²) in [6.07, 6.45) is 0. The predicted molar refractivity (Wildman–Crippen MR) is 106 cm³/mol. The first-order chi connectivity index (χ1) is 14.1. The van der Waals surface area contributed by atoms with E-state index < -0.39 is 5.82 Å². The normalized spacial score (nSPS) is 13.9. The third kappa shape index (κ3) is 3.48. The highest BCUT2D eigenvalue weighted by Gasteiger charge is 2.24. The molecule has 0 spiro atoms. The van der Waals surface area contributed by atoms with E-state index in [9.17, 15) is 14.4 Å². The van der Waals surface area contributed by atoms with Crippen molar-refractivity contribution in [2.24, 2.45) is 0 Å². The zero-order valence-electron chi connectivity index (χ0n) is 15.8. The second-order valence-electron chi connectivity index (χ2n) is 6.56. The molecule has 2 amide bonds. The standard InChI is InChI=1S/C21H19FN4O3/c1-28-16-5-3-15(4-6-16)26-19-12-14(22)2-7-17(19)18(13-23)20(26)24-21(27)25-8-10-29-11-9-25/h2-7,12H,8-11H2,1H3,(H,24,27). The lowest BCUT2D eigenvalue weighted by Crippen LogP contribution is -2.43. The molecule has 0 bridgehead atoms. The first-order valence-electron chi connectivity index (χ1n) is 9.14. The maximum absolute atomic E-state index is 14.0. The summed E-state index contributed by atoms with van der Waals surface area (Å²) in [5, 5.41) is 13.2. The van der Waals surface area contributed by atoms with Crippen molar-refractivity contribution in [2.45, 2.75) is 0 Å². The van der Waals surface area contributed by atoms with E-state index in [4.69, 9.17) is 9.47 Å². The molecular weight excluding hydrogens is 375 g/mol. The van der Waals surface area contributed by atoms with E-state index in [2.05, 4.69) is 11.4 Å². The summed E-state index contributed by atoms with van der Waals surface area (Å²) in [6, 6.07) is 13.1. The number of fused-ring (bicyclic) bond motifs is 1. The van der Waals surface area contributed by atoms with Crippen LogP contribution in [0.15, 0.2) is 42.5 Å². The molecule has 0 saturated carbocycles. The molecule has 8 heteroatoms. The number of aromatic nitrogens is 1. The van der Waals surface area contributed by atoms with Crippen molar-refractivity contribution in [1.82, 2.24) is 9.47 Å². The molecule has 0 unspecified atom stereocenters. The number of rotatable bonds is 3. The molecule has 0 aliphatic carbocycles. The fraction of sp³-hybridized carbons (Fsp3) is 0.238. The topological polar surface area (TPSA) is 79.5 Å². The van der Waals surface area contributed by atoms with E-state index in [1.165, 1.54) is 12.1 Å². The Morgan fingerprint density at radius 1 is 1.21 bits per heavy atom. The lowest BCUT2D eigenvalue weighted by atomic mass is 10.2. The van der Waals surface area contributed by atoms with Crippen LogP contribution in [0.25, 0.3) is 16.6 Å². The maximum atomic E-state index is 14.0. The zero-order chi connectivity index (χ0) is 20.4. The lowest BCUT2D eigenvalue weighted by Gasteiger charge is -2.27. The molecule has 1 aliphatic rings. The molecule has 1 N–H and O–H groups in total. The third-order valence-corrected chi connectivity index (χ3v) is 4.90. The summed E-state index contributed by atoms with van der Waals surface area (Å²) in [5.41, 5.74) is 1.43. The molecule has 4 rings (SSSR count). The largest absolute Gasteiger partial charge is 0.497 e. The Morgan fingerprint density at radius 2 is 1.93 bits per heavy atom. The highest BCUT2D eigenvalue weighted by atomic mass is 19.1. The van der Waals surface area contributed by atoms with Gasteiger partial charge in [-0.05, 0) is 42.5 Å². The van der Waals surface area contributed by atoms with Crippen LogP contribution in [0.2, 0.25) is 0 Å². The van der Waals surface area contributed by atoms with E-state index in [-0.39, 0.29) is 11.6 Å². The number of methoxy groups -OCH3 is 1. The SMILES string of the molecule is COc1ccc(-n2c(NC(=O)N3CCOCC3)c(C#N)c3ccc(F)cc32)cc1. The predicted octanol–water partition coefficient (Wildman–Crippen LogP) is 3.51. The van der Waals surface area contributed by atoms with E-state index in [0.29, 0.717) is 54.5 Å². The number of urea groups is 1. The Hall–Kier alpha value is -3.57. The number of benzene rings is 2. The van der Waals surface area contributed by atoms with Gasteiger partial charge in [-0.2, -0.15) is 5.26 Å². The van der Waals surface area contributed by atoms with Crippen LogP contribution in [0.4, 0.5) is 15.0 Å². The molecule has 1 fully saturated rings.